The molecule has 20 heavy (non-hydrogen) atoms. The second-order valence-corrected chi connectivity index (χ2v) is 4.27. The van der Waals surface area contributed by atoms with Crippen LogP contribution in [0.3, 0.4) is 0 Å². The van der Waals surface area contributed by atoms with E-state index in [0.717, 1.165) is 0 Å². The van der Waals surface area contributed by atoms with Crippen molar-refractivity contribution in [2.75, 3.05) is 36.9 Å². The van der Waals surface area contributed by atoms with E-state index in [1.807, 2.05) is 0 Å². The van der Waals surface area contributed by atoms with Gasteiger partial charge in [-0.3, -0.25) is 9.64 Å². The molecule has 0 saturated carbocycles. The highest BCUT2D eigenvalue weighted by atomic mass is 19.4. The standard InChI is InChI=1S/C12H14F3N3O2/c13-12(14,15)20-8-7-17-5-6-18(11(17)19)10-4-2-1-3-9(10)16/h1-4H,5-8,16H2. The summed E-state index contributed by atoms with van der Waals surface area (Å²) in [5.74, 6) is 0. The predicted octanol–water partition coefficient (Wildman–Crippen LogP) is 2.05. The minimum Gasteiger partial charge on any atom is -0.397 e. The lowest BCUT2D eigenvalue weighted by Gasteiger charge is -2.20. The van der Waals surface area contributed by atoms with Crippen LogP contribution in [0, 0.1) is 0 Å². The Morgan fingerprint density at radius 3 is 2.60 bits per heavy atom. The number of carbonyl (C=O) groups is 1. The van der Waals surface area contributed by atoms with E-state index in [9.17, 15) is 18.0 Å². The van der Waals surface area contributed by atoms with Gasteiger partial charge in [0.25, 0.3) is 0 Å². The molecule has 0 radical (unpaired) electrons. The number of para-hydroxylation sites is 2. The lowest BCUT2D eigenvalue weighted by Crippen LogP contribution is -2.35. The van der Waals surface area contributed by atoms with Gasteiger partial charge in [0.05, 0.1) is 18.0 Å². The number of nitrogens with zero attached hydrogens (tertiary/aromatic N) is 2. The van der Waals surface area contributed by atoms with E-state index in [1.165, 1.54) is 9.80 Å². The Morgan fingerprint density at radius 2 is 1.95 bits per heavy atom. The number of hydrogen-bond donors (Lipinski definition) is 1. The minimum absolute atomic E-state index is 0.110. The van der Waals surface area contributed by atoms with E-state index in [4.69, 9.17) is 5.73 Å². The van der Waals surface area contributed by atoms with Gasteiger partial charge in [0.2, 0.25) is 0 Å². The fourth-order valence-corrected chi connectivity index (χ4v) is 2.02. The maximum Gasteiger partial charge on any atom is 0.522 e. The first-order valence-electron chi connectivity index (χ1n) is 6.00. The molecule has 2 N–H and O–H groups in total. The molecule has 1 aliphatic heterocycles. The average molecular weight is 289 g/mol. The third-order valence-corrected chi connectivity index (χ3v) is 2.95. The van der Waals surface area contributed by atoms with E-state index in [0.29, 0.717) is 24.5 Å². The van der Waals surface area contributed by atoms with Crippen molar-refractivity contribution in [1.82, 2.24) is 4.90 Å². The summed E-state index contributed by atoms with van der Waals surface area (Å²) in [6.45, 7) is 0.0440. The number of rotatable bonds is 4. The summed E-state index contributed by atoms with van der Waals surface area (Å²) in [7, 11) is 0. The molecule has 0 bridgehead atoms. The largest absolute Gasteiger partial charge is 0.522 e. The maximum atomic E-state index is 12.1. The van der Waals surface area contributed by atoms with Gasteiger partial charge in [0.1, 0.15) is 0 Å². The summed E-state index contributed by atoms with van der Waals surface area (Å²) in [6, 6.07) is 6.48. The zero-order valence-corrected chi connectivity index (χ0v) is 10.6. The van der Waals surface area contributed by atoms with E-state index in [-0.39, 0.29) is 12.6 Å². The van der Waals surface area contributed by atoms with Gasteiger partial charge >= 0.3 is 12.4 Å². The average Bonchev–Trinajstić information content (AvgIpc) is 2.70. The molecule has 0 aromatic heterocycles. The maximum absolute atomic E-state index is 12.1. The highest BCUT2D eigenvalue weighted by Crippen LogP contribution is 2.26. The van der Waals surface area contributed by atoms with Crippen molar-refractivity contribution in [2.45, 2.75) is 6.36 Å². The highest BCUT2D eigenvalue weighted by molar-refractivity contribution is 5.97. The van der Waals surface area contributed by atoms with Gasteiger partial charge in [-0.15, -0.1) is 13.2 Å². The molecule has 0 spiro atoms. The smallest absolute Gasteiger partial charge is 0.397 e. The van der Waals surface area contributed by atoms with Gasteiger partial charge < -0.3 is 10.6 Å². The van der Waals surface area contributed by atoms with Crippen molar-refractivity contribution >= 4 is 17.4 Å². The number of benzene rings is 1. The number of carbonyl (C=O) groups excluding carboxylic acids is 1. The summed E-state index contributed by atoms with van der Waals surface area (Å²) < 4.78 is 39.3. The number of halogens is 3. The van der Waals surface area contributed by atoms with Crippen LogP contribution in [0.25, 0.3) is 0 Å². The Bertz CT molecular complexity index is 493. The van der Waals surface area contributed by atoms with Crippen molar-refractivity contribution < 1.29 is 22.7 Å². The molecular weight excluding hydrogens is 275 g/mol. The first-order chi connectivity index (χ1) is 9.38. The lowest BCUT2D eigenvalue weighted by molar-refractivity contribution is -0.324. The monoisotopic (exact) mass is 289 g/mol. The van der Waals surface area contributed by atoms with Crippen LogP contribution in [0.15, 0.2) is 24.3 Å². The number of nitrogens with two attached hydrogens (primary N) is 1. The number of anilines is 2. The summed E-state index contributed by atoms with van der Waals surface area (Å²) in [5, 5.41) is 0. The SMILES string of the molecule is Nc1ccccc1N1CCN(CCOC(F)(F)F)C1=O. The second-order valence-electron chi connectivity index (χ2n) is 4.27. The molecule has 1 saturated heterocycles. The van der Waals surface area contributed by atoms with Crippen LogP contribution in [0.5, 0.6) is 0 Å². The molecule has 2 rings (SSSR count). The second kappa shape index (κ2) is 5.58. The molecule has 0 unspecified atom stereocenters. The van der Waals surface area contributed by atoms with Gasteiger partial charge in [0, 0.05) is 19.6 Å². The van der Waals surface area contributed by atoms with Crippen LogP contribution in [0.4, 0.5) is 29.3 Å². The molecule has 2 amide bonds. The summed E-state index contributed by atoms with van der Waals surface area (Å²) in [4.78, 5) is 14.8. The van der Waals surface area contributed by atoms with Crippen LogP contribution in [-0.2, 0) is 4.74 Å². The fourth-order valence-electron chi connectivity index (χ4n) is 2.02. The van der Waals surface area contributed by atoms with Crippen LogP contribution in [0.2, 0.25) is 0 Å². The number of alkyl halides is 3. The summed E-state index contributed by atoms with van der Waals surface area (Å²) in [5.41, 5.74) is 6.80. The Morgan fingerprint density at radius 1 is 1.25 bits per heavy atom. The molecule has 8 heteroatoms. The van der Waals surface area contributed by atoms with Gasteiger partial charge in [-0.25, -0.2) is 4.79 Å². The van der Waals surface area contributed by atoms with Crippen LogP contribution in [0.1, 0.15) is 0 Å². The number of hydrogen-bond acceptors (Lipinski definition) is 3. The molecule has 110 valence electrons. The quantitative estimate of drug-likeness (QED) is 0.863. The van der Waals surface area contributed by atoms with Crippen molar-refractivity contribution in [3.8, 4) is 0 Å². The summed E-state index contributed by atoms with van der Waals surface area (Å²) >= 11 is 0. The van der Waals surface area contributed by atoms with Crippen molar-refractivity contribution in [3.05, 3.63) is 24.3 Å². The molecule has 0 atom stereocenters. The Balaban J connectivity index is 1.95. The predicted molar refractivity (Wildman–Crippen MR) is 67.2 cm³/mol. The Kier molecular flexibility index (Phi) is 4.03. The number of urea groups is 1. The molecule has 5 nitrogen and oxygen atoms in total. The number of ether oxygens (including phenoxy) is 1. The van der Waals surface area contributed by atoms with Gasteiger partial charge in [-0.05, 0) is 12.1 Å². The molecule has 1 fully saturated rings. The number of amides is 2. The first kappa shape index (κ1) is 14.4. The van der Waals surface area contributed by atoms with Crippen LogP contribution >= 0.6 is 0 Å². The Hall–Kier alpha value is -1.96. The van der Waals surface area contributed by atoms with Crippen molar-refractivity contribution in [3.63, 3.8) is 0 Å². The van der Waals surface area contributed by atoms with Gasteiger partial charge in [-0.2, -0.15) is 0 Å². The van der Waals surface area contributed by atoms with Crippen LogP contribution < -0.4 is 10.6 Å². The molecule has 1 heterocycles. The number of nitrogen functional groups attached to an aromatic ring is 1. The van der Waals surface area contributed by atoms with Crippen molar-refractivity contribution in [2.24, 2.45) is 0 Å². The van der Waals surface area contributed by atoms with Crippen molar-refractivity contribution in [1.29, 1.82) is 0 Å². The van der Waals surface area contributed by atoms with E-state index in [2.05, 4.69) is 4.74 Å². The zero-order valence-electron chi connectivity index (χ0n) is 10.6. The highest BCUT2D eigenvalue weighted by Gasteiger charge is 2.33. The van der Waals surface area contributed by atoms with Crippen LogP contribution in [-0.4, -0.2) is 43.5 Å². The third kappa shape index (κ3) is 3.32. The van der Waals surface area contributed by atoms with E-state index < -0.39 is 13.0 Å². The first-order valence-corrected chi connectivity index (χ1v) is 6.00. The molecule has 1 aromatic rings. The zero-order chi connectivity index (χ0) is 14.8. The normalized spacial score (nSPS) is 16.1. The fraction of sp³-hybridized carbons (Fsp3) is 0.417. The van der Waals surface area contributed by atoms with E-state index in [1.54, 1.807) is 24.3 Å². The van der Waals surface area contributed by atoms with Gasteiger partial charge in [-0.1, -0.05) is 12.1 Å². The van der Waals surface area contributed by atoms with E-state index >= 15 is 0 Å². The summed E-state index contributed by atoms with van der Waals surface area (Å²) in [6.07, 6.45) is -4.67. The lowest BCUT2D eigenvalue weighted by atomic mass is 10.2. The van der Waals surface area contributed by atoms with Gasteiger partial charge in [0.15, 0.2) is 0 Å². The Labute approximate surface area is 113 Å². The minimum atomic E-state index is -4.67. The molecule has 0 aliphatic carbocycles. The third-order valence-electron chi connectivity index (χ3n) is 2.95. The molecule has 1 aromatic carbocycles. The topological polar surface area (TPSA) is 58.8 Å². The molecule has 1 aliphatic rings. The molecular formula is C12H14F3N3O2.